The van der Waals surface area contributed by atoms with Gasteiger partial charge in [-0.25, -0.2) is 24.0 Å². The number of ether oxygens (including phenoxy) is 4. The summed E-state index contributed by atoms with van der Waals surface area (Å²) in [5, 5.41) is 131. The first kappa shape index (κ1) is 62.4. The Morgan fingerprint density at radius 3 is 0.937 bits per heavy atom. The maximum absolute atomic E-state index is 12.6. The van der Waals surface area contributed by atoms with Crippen LogP contribution in [0.5, 0.6) is 46.0 Å². The van der Waals surface area contributed by atoms with Gasteiger partial charge in [-0.05, 0) is 109 Å². The molecule has 0 heterocycles. The van der Waals surface area contributed by atoms with Crippen molar-refractivity contribution in [2.45, 2.75) is 87.4 Å². The molecule has 0 radical (unpaired) electrons. The molecule has 0 spiro atoms. The molecular formula is C54H60N2O23. The number of nitrogens with two attached hydrogens (primary N) is 1. The fourth-order valence-corrected chi connectivity index (χ4v) is 7.58. The number of benzene rings is 4. The van der Waals surface area contributed by atoms with E-state index in [-0.39, 0.29) is 29.5 Å². The number of carbonyl (C=O) groups excluding carboxylic acids is 5. The first-order chi connectivity index (χ1) is 37.2. The number of nitrogens with one attached hydrogen (secondary N) is 1. The van der Waals surface area contributed by atoms with Crippen LogP contribution in [0, 0.1) is 0 Å². The van der Waals surface area contributed by atoms with Crippen LogP contribution in [0.15, 0.2) is 97.1 Å². The Labute approximate surface area is 449 Å². The molecular weight excluding hydrogens is 1040 g/mol. The summed E-state index contributed by atoms with van der Waals surface area (Å²) in [7, 11) is 0. The van der Waals surface area contributed by atoms with Crippen LogP contribution >= 0.6 is 0 Å². The summed E-state index contributed by atoms with van der Waals surface area (Å²) in [5.41, 5.74) is 1.58. The molecule has 4 aromatic carbocycles. The largest absolute Gasteiger partial charge is 0.504 e. The number of carboxylic acid groups (broad SMARTS) is 1. The van der Waals surface area contributed by atoms with E-state index >= 15 is 0 Å². The molecule has 0 aliphatic heterocycles. The van der Waals surface area contributed by atoms with E-state index in [1.807, 2.05) is 6.92 Å². The number of phenols is 8. The number of aromatic hydroxyl groups is 8. The summed E-state index contributed by atoms with van der Waals surface area (Å²) in [6, 6.07) is 15.2. The molecule has 0 saturated heterocycles. The number of rotatable bonds is 15. The second kappa shape index (κ2) is 28.3. The van der Waals surface area contributed by atoms with E-state index in [1.165, 1.54) is 97.1 Å². The van der Waals surface area contributed by atoms with E-state index in [1.54, 1.807) is 6.92 Å². The second-order valence-electron chi connectivity index (χ2n) is 17.7. The predicted molar refractivity (Wildman–Crippen MR) is 276 cm³/mol. The molecule has 0 bridgehead atoms. The van der Waals surface area contributed by atoms with Gasteiger partial charge in [0, 0.05) is 56.5 Å². The fraction of sp³-hybridized carbons (Fsp3) is 0.296. The molecule has 16 N–H and O–H groups in total. The minimum Gasteiger partial charge on any atom is -0.504 e. The van der Waals surface area contributed by atoms with Gasteiger partial charge in [0.2, 0.25) is 0 Å². The SMILES string of the molecule is CCN.CCNC(=O)C1(O)C[C@@H](OC(=O)/C=C/c2ccc(O)c(O)c2)C(O)[C@H](OC(=O)/C=C/c2ccc(O)c(O)c2)C1.O=C(/C=C/c1ccc(O)c(O)c1)O[C@@H]1CC(O)(C(=O)O)C[C@@H](OC(=O)/C=C/c2ccc(O)c(O)c2)C1O. The molecule has 25 heteroatoms. The van der Waals surface area contributed by atoms with Crippen molar-refractivity contribution < 1.29 is 114 Å². The van der Waals surface area contributed by atoms with E-state index in [9.17, 15) is 95.2 Å². The average Bonchev–Trinajstić information content (AvgIpc) is 3.40. The maximum atomic E-state index is 12.6. The molecule has 6 rings (SSSR count). The smallest absolute Gasteiger partial charge is 0.335 e. The topological polar surface area (TPSA) is 440 Å². The van der Waals surface area contributed by atoms with Gasteiger partial charge in [0.25, 0.3) is 5.91 Å². The van der Waals surface area contributed by atoms with Gasteiger partial charge in [-0.3, -0.25) is 4.79 Å². The van der Waals surface area contributed by atoms with Crippen molar-refractivity contribution in [1.82, 2.24) is 5.32 Å². The average molecular weight is 1110 g/mol. The minimum absolute atomic E-state index is 0.184. The number of phenolic OH excluding ortho intramolecular Hbond substituents is 8. The highest BCUT2D eigenvalue weighted by Crippen LogP contribution is 2.36. The molecule has 4 aromatic rings. The standard InChI is InChI=1S/C27H29NO11.C25H24O12.C2H7N/c1-2-28-26(36)27(37)13-21(38-23(33)9-5-15-3-7-17(29)19(31)11-15)25(35)22(14-27)39-24(34)10-6-16-4-8-18(30)20(32)12-16;26-15-5-1-13(9-17(15)28)3-7-21(30)36-19-11-25(35,24(33)34)12-20(23(19)32)37-22(31)8-4-14-2-6-16(27)18(29)10-14;1-2-3/h3-12,21-22,25,29-32,35,37H,2,13-14H2,1H3,(H,28,36);1-10,19-20,23,26-29,32,35H,11-12H2,(H,33,34);2-3H2,1H3/b9-5+,10-6+;7-3+,8-4+;/t21-,22-,25?,27?;19-,20-,23?,25?;/m11./s1. The molecule has 79 heavy (non-hydrogen) atoms. The Hall–Kier alpha value is -9.14. The lowest BCUT2D eigenvalue weighted by Gasteiger charge is -2.41. The van der Waals surface area contributed by atoms with Crippen LogP contribution in [0.2, 0.25) is 0 Å². The summed E-state index contributed by atoms with van der Waals surface area (Å²) < 4.78 is 20.8. The number of aliphatic hydroxyl groups is 4. The van der Waals surface area contributed by atoms with Crippen LogP contribution in [-0.4, -0.2) is 163 Å². The van der Waals surface area contributed by atoms with E-state index in [2.05, 4.69) is 5.32 Å². The number of amides is 1. The van der Waals surface area contributed by atoms with Crippen LogP contribution in [0.3, 0.4) is 0 Å². The molecule has 2 aliphatic carbocycles. The molecule has 0 unspecified atom stereocenters. The highest BCUT2D eigenvalue weighted by atomic mass is 16.6. The Balaban J connectivity index is 0.000000325. The molecule has 2 aliphatic rings. The molecule has 1 amide bonds. The number of esters is 4. The van der Waals surface area contributed by atoms with Crippen LogP contribution in [0.1, 0.15) is 61.8 Å². The van der Waals surface area contributed by atoms with E-state index in [0.717, 1.165) is 30.8 Å². The lowest BCUT2D eigenvalue weighted by Crippen LogP contribution is -2.60. The first-order valence-corrected chi connectivity index (χ1v) is 23.9. The van der Waals surface area contributed by atoms with Gasteiger partial charge in [-0.2, -0.15) is 0 Å². The summed E-state index contributed by atoms with van der Waals surface area (Å²) in [4.78, 5) is 73.7. The van der Waals surface area contributed by atoms with Crippen molar-refractivity contribution in [3.63, 3.8) is 0 Å². The molecule has 2 fully saturated rings. The van der Waals surface area contributed by atoms with Crippen molar-refractivity contribution in [3.05, 3.63) is 119 Å². The van der Waals surface area contributed by atoms with Gasteiger partial charge in [0.1, 0.15) is 42.2 Å². The number of carbonyl (C=O) groups is 6. The zero-order valence-corrected chi connectivity index (χ0v) is 42.2. The van der Waals surface area contributed by atoms with Crippen LogP contribution < -0.4 is 11.1 Å². The van der Waals surface area contributed by atoms with Crippen LogP contribution in [-0.2, 0) is 47.7 Å². The molecule has 2 saturated carbocycles. The van der Waals surface area contributed by atoms with E-state index in [0.29, 0.717) is 22.3 Å². The van der Waals surface area contributed by atoms with Crippen molar-refractivity contribution in [1.29, 1.82) is 0 Å². The van der Waals surface area contributed by atoms with Gasteiger partial charge in [-0.15, -0.1) is 0 Å². The highest BCUT2D eigenvalue weighted by Gasteiger charge is 2.53. The Morgan fingerprint density at radius 1 is 0.481 bits per heavy atom. The van der Waals surface area contributed by atoms with Crippen LogP contribution in [0.4, 0.5) is 0 Å². The zero-order valence-electron chi connectivity index (χ0n) is 42.2. The third kappa shape index (κ3) is 18.3. The van der Waals surface area contributed by atoms with Crippen LogP contribution in [0.25, 0.3) is 24.3 Å². The Bertz CT molecular complexity index is 2780. The number of aliphatic carboxylic acids is 1. The summed E-state index contributed by atoms with van der Waals surface area (Å²) >= 11 is 0. The van der Waals surface area contributed by atoms with Crippen molar-refractivity contribution in [2.24, 2.45) is 5.73 Å². The lowest BCUT2D eigenvalue weighted by molar-refractivity contribution is -0.203. The van der Waals surface area contributed by atoms with Gasteiger partial charge in [0.15, 0.2) is 51.6 Å². The van der Waals surface area contributed by atoms with Gasteiger partial charge in [0.05, 0.1) is 0 Å². The zero-order chi connectivity index (χ0) is 58.8. The normalized spacial score (nSPS) is 22.7. The Morgan fingerprint density at radius 2 is 0.722 bits per heavy atom. The lowest BCUT2D eigenvalue weighted by atomic mass is 9.78. The van der Waals surface area contributed by atoms with Crippen molar-refractivity contribution in [3.8, 4) is 46.0 Å². The fourth-order valence-electron chi connectivity index (χ4n) is 7.58. The third-order valence-electron chi connectivity index (χ3n) is 11.6. The maximum Gasteiger partial charge on any atom is 0.335 e. The van der Waals surface area contributed by atoms with Gasteiger partial charge in [-0.1, -0.05) is 31.2 Å². The van der Waals surface area contributed by atoms with Crippen molar-refractivity contribution >= 4 is 60.1 Å². The van der Waals surface area contributed by atoms with Crippen molar-refractivity contribution in [2.75, 3.05) is 13.1 Å². The highest BCUT2D eigenvalue weighted by molar-refractivity contribution is 5.90. The van der Waals surface area contributed by atoms with E-state index in [4.69, 9.17) is 24.7 Å². The quantitative estimate of drug-likeness (QED) is 0.0351. The first-order valence-electron chi connectivity index (χ1n) is 23.9. The molecule has 4 atom stereocenters. The summed E-state index contributed by atoms with van der Waals surface area (Å²) in [6.07, 6.45) is -2.77. The number of carboxylic acids is 1. The second-order valence-corrected chi connectivity index (χ2v) is 17.7. The third-order valence-corrected chi connectivity index (χ3v) is 11.6. The molecule has 25 nitrogen and oxygen atoms in total. The predicted octanol–water partition coefficient (Wildman–Crippen LogP) is 2.08. The van der Waals surface area contributed by atoms with Gasteiger partial charge < -0.3 is 96.4 Å². The number of likely N-dealkylation sites (N-methyl/N-ethyl adjacent to an activating group) is 1. The molecule has 424 valence electrons. The monoisotopic (exact) mass is 1100 g/mol. The van der Waals surface area contributed by atoms with E-state index < -0.39 is 132 Å². The minimum atomic E-state index is -2.48. The Kier molecular flexibility index (Phi) is 22.4. The number of hydrogen-bond donors (Lipinski definition) is 15. The number of hydrogen-bond acceptors (Lipinski definition) is 23. The summed E-state index contributed by atoms with van der Waals surface area (Å²) in [6.45, 7) is 4.47. The van der Waals surface area contributed by atoms with Gasteiger partial charge >= 0.3 is 29.8 Å². The molecule has 0 aromatic heterocycles. The number of aliphatic hydroxyl groups excluding tert-OH is 2. The summed E-state index contributed by atoms with van der Waals surface area (Å²) in [5.74, 6) is -9.51.